The van der Waals surface area contributed by atoms with E-state index < -0.39 is 0 Å². The molecular formula is C23H38ClNO. The van der Waals surface area contributed by atoms with Crippen LogP contribution in [0.3, 0.4) is 0 Å². The molecule has 0 aliphatic heterocycles. The van der Waals surface area contributed by atoms with E-state index in [4.69, 9.17) is 16.5 Å². The fourth-order valence-electron chi connectivity index (χ4n) is 3.17. The number of allylic oxidation sites excluding steroid dienone is 2. The molecule has 0 N–H and O–H groups in total. The van der Waals surface area contributed by atoms with Crippen LogP contribution < -0.4 is 4.74 Å². The van der Waals surface area contributed by atoms with E-state index in [0.29, 0.717) is 6.04 Å². The fraction of sp³-hybridized carbons (Fsp3) is 0.652. The highest BCUT2D eigenvalue weighted by atomic mass is 35.5. The van der Waals surface area contributed by atoms with Gasteiger partial charge in [0.05, 0.1) is 7.11 Å². The Hall–Kier alpha value is -0.990. The van der Waals surface area contributed by atoms with Crippen LogP contribution in [0.25, 0.3) is 0 Å². The van der Waals surface area contributed by atoms with Crippen LogP contribution >= 0.6 is 11.8 Å². The zero-order valence-electron chi connectivity index (χ0n) is 17.1. The zero-order chi connectivity index (χ0) is 19.0. The predicted octanol–water partition coefficient (Wildman–Crippen LogP) is 7.52. The summed E-state index contributed by atoms with van der Waals surface area (Å²) in [4.78, 5) is 0. The van der Waals surface area contributed by atoms with Crippen molar-refractivity contribution in [3.63, 3.8) is 0 Å². The number of methoxy groups -OCH3 is 1. The van der Waals surface area contributed by atoms with Crippen LogP contribution in [0.4, 0.5) is 0 Å². The fourth-order valence-corrected chi connectivity index (χ4v) is 3.51. The lowest BCUT2D eigenvalue weighted by Gasteiger charge is -2.25. The van der Waals surface area contributed by atoms with Crippen LogP contribution in [-0.4, -0.2) is 17.6 Å². The molecule has 3 heteroatoms. The lowest BCUT2D eigenvalue weighted by molar-refractivity contribution is 0.291. The maximum absolute atomic E-state index is 6.73. The van der Waals surface area contributed by atoms with Crippen LogP contribution in [-0.2, 0) is 6.54 Å². The lowest BCUT2D eigenvalue weighted by atomic mass is 10.0. The molecule has 1 aromatic carbocycles. The number of ether oxygens (including phenoxy) is 1. The largest absolute Gasteiger partial charge is 0.497 e. The van der Waals surface area contributed by atoms with Gasteiger partial charge in [-0.3, -0.25) is 0 Å². The van der Waals surface area contributed by atoms with Gasteiger partial charge in [0.1, 0.15) is 5.75 Å². The van der Waals surface area contributed by atoms with Crippen LogP contribution in [0.2, 0.25) is 0 Å². The molecule has 0 amide bonds. The van der Waals surface area contributed by atoms with E-state index >= 15 is 0 Å². The van der Waals surface area contributed by atoms with Crippen molar-refractivity contribution < 1.29 is 4.74 Å². The van der Waals surface area contributed by atoms with Gasteiger partial charge in [-0.05, 0) is 55.2 Å². The van der Waals surface area contributed by atoms with Gasteiger partial charge in [0.15, 0.2) is 0 Å². The van der Waals surface area contributed by atoms with Crippen LogP contribution in [0, 0.1) is 0 Å². The number of hydrogen-bond donors (Lipinski definition) is 0. The first-order valence-electron chi connectivity index (χ1n) is 10.4. The Balaban J connectivity index is 2.55. The minimum absolute atomic E-state index is 0.427. The molecule has 0 saturated carbocycles. The van der Waals surface area contributed by atoms with Gasteiger partial charge < -0.3 is 4.74 Å². The summed E-state index contributed by atoms with van der Waals surface area (Å²) >= 11 is 6.73. The SMILES string of the molecule is CCC/C=C/CCC(CCCCCCC)N(Cl)Cc1cccc(OC)c1. The molecule has 0 saturated heterocycles. The zero-order valence-corrected chi connectivity index (χ0v) is 17.8. The standard InChI is InChI=1S/C23H38ClNO/c1-4-6-8-10-12-16-22(17-13-11-9-7-5-2)25(24)20-21-15-14-18-23(19-21)26-3/h8,10,14-15,18-19,22H,4-7,9,11-13,16-17,20H2,1-3H3/b10-8+. The Bertz CT molecular complexity index is 489. The number of nitrogens with zero attached hydrogens (tertiary/aromatic N) is 1. The molecule has 2 nitrogen and oxygen atoms in total. The Labute approximate surface area is 166 Å². The first-order chi connectivity index (χ1) is 12.7. The molecule has 0 spiro atoms. The minimum Gasteiger partial charge on any atom is -0.497 e. The summed E-state index contributed by atoms with van der Waals surface area (Å²) in [5.41, 5.74) is 1.21. The predicted molar refractivity (Wildman–Crippen MR) is 115 cm³/mol. The van der Waals surface area contributed by atoms with Crippen molar-refractivity contribution in [3.8, 4) is 5.75 Å². The van der Waals surface area contributed by atoms with Gasteiger partial charge >= 0.3 is 0 Å². The topological polar surface area (TPSA) is 12.5 Å². The van der Waals surface area contributed by atoms with Gasteiger partial charge in [-0.15, -0.1) is 0 Å². The summed E-state index contributed by atoms with van der Waals surface area (Å²) < 4.78 is 7.35. The third kappa shape index (κ3) is 10.2. The van der Waals surface area contributed by atoms with Crippen LogP contribution in [0.5, 0.6) is 5.75 Å². The Morgan fingerprint density at radius 3 is 2.50 bits per heavy atom. The second-order valence-corrected chi connectivity index (χ2v) is 7.54. The Morgan fingerprint density at radius 2 is 1.77 bits per heavy atom. The van der Waals surface area contributed by atoms with Gasteiger partial charge in [0, 0.05) is 12.6 Å². The third-order valence-corrected chi connectivity index (χ3v) is 5.19. The summed E-state index contributed by atoms with van der Waals surface area (Å²) in [6.07, 6.45) is 17.0. The summed E-state index contributed by atoms with van der Waals surface area (Å²) in [6.45, 7) is 5.25. The third-order valence-electron chi connectivity index (χ3n) is 4.79. The van der Waals surface area contributed by atoms with Gasteiger partial charge in [-0.2, -0.15) is 0 Å². The Morgan fingerprint density at radius 1 is 1.00 bits per heavy atom. The number of rotatable bonds is 15. The summed E-state index contributed by atoms with van der Waals surface area (Å²) in [6, 6.07) is 8.64. The summed E-state index contributed by atoms with van der Waals surface area (Å²) in [7, 11) is 1.71. The number of hydrogen-bond acceptors (Lipinski definition) is 2. The molecule has 0 aromatic heterocycles. The van der Waals surface area contributed by atoms with E-state index in [0.717, 1.165) is 25.1 Å². The average molecular weight is 380 g/mol. The van der Waals surface area contributed by atoms with Gasteiger partial charge in [0.25, 0.3) is 0 Å². The second kappa shape index (κ2) is 15.1. The maximum Gasteiger partial charge on any atom is 0.119 e. The van der Waals surface area contributed by atoms with Crippen molar-refractivity contribution in [1.82, 2.24) is 4.42 Å². The molecule has 26 heavy (non-hydrogen) atoms. The van der Waals surface area contributed by atoms with E-state index in [1.165, 1.54) is 56.9 Å². The van der Waals surface area contributed by atoms with Crippen molar-refractivity contribution in [2.75, 3.05) is 7.11 Å². The van der Waals surface area contributed by atoms with Crippen molar-refractivity contribution >= 4 is 11.8 Å². The molecule has 1 rings (SSSR count). The van der Waals surface area contributed by atoms with Crippen molar-refractivity contribution in [1.29, 1.82) is 0 Å². The number of halogens is 1. The van der Waals surface area contributed by atoms with Gasteiger partial charge in [-0.1, -0.05) is 76.7 Å². The minimum atomic E-state index is 0.427. The highest BCUT2D eigenvalue weighted by Crippen LogP contribution is 2.22. The van der Waals surface area contributed by atoms with Gasteiger partial charge in [0.2, 0.25) is 0 Å². The normalized spacial score (nSPS) is 12.8. The Kier molecular flexibility index (Phi) is 13.4. The van der Waals surface area contributed by atoms with Crippen LogP contribution in [0.1, 0.15) is 83.6 Å². The summed E-state index contributed by atoms with van der Waals surface area (Å²) in [5.74, 6) is 0.895. The maximum atomic E-state index is 6.73. The first-order valence-corrected chi connectivity index (χ1v) is 10.7. The molecule has 1 aromatic rings. The van der Waals surface area contributed by atoms with E-state index in [2.05, 4.69) is 38.1 Å². The lowest BCUT2D eigenvalue weighted by Crippen LogP contribution is -2.26. The van der Waals surface area contributed by atoms with E-state index in [1.807, 2.05) is 16.6 Å². The average Bonchev–Trinajstić information content (AvgIpc) is 2.66. The second-order valence-electron chi connectivity index (χ2n) is 7.10. The van der Waals surface area contributed by atoms with Crippen molar-refractivity contribution in [2.24, 2.45) is 0 Å². The molecule has 148 valence electrons. The van der Waals surface area contributed by atoms with Crippen molar-refractivity contribution in [3.05, 3.63) is 42.0 Å². The van der Waals surface area contributed by atoms with Crippen molar-refractivity contribution in [2.45, 2.75) is 90.6 Å². The molecule has 0 fully saturated rings. The van der Waals surface area contributed by atoms with E-state index in [1.54, 1.807) is 7.11 Å². The molecule has 0 bridgehead atoms. The highest BCUT2D eigenvalue weighted by Gasteiger charge is 2.16. The number of unbranched alkanes of at least 4 members (excludes halogenated alkanes) is 5. The van der Waals surface area contributed by atoms with E-state index in [-0.39, 0.29) is 0 Å². The smallest absolute Gasteiger partial charge is 0.119 e. The summed E-state index contributed by atoms with van der Waals surface area (Å²) in [5, 5.41) is 0. The molecule has 0 radical (unpaired) electrons. The van der Waals surface area contributed by atoms with E-state index in [9.17, 15) is 0 Å². The molecule has 1 unspecified atom stereocenters. The first kappa shape index (κ1) is 23.0. The molecule has 0 heterocycles. The molecule has 1 atom stereocenters. The monoisotopic (exact) mass is 379 g/mol. The molecular weight excluding hydrogens is 342 g/mol. The highest BCUT2D eigenvalue weighted by molar-refractivity contribution is 6.13. The van der Waals surface area contributed by atoms with Crippen LogP contribution in [0.15, 0.2) is 36.4 Å². The molecule has 0 aliphatic rings. The quantitative estimate of drug-likeness (QED) is 0.177. The van der Waals surface area contributed by atoms with Gasteiger partial charge in [-0.25, -0.2) is 4.42 Å². The number of benzene rings is 1. The molecule has 0 aliphatic carbocycles.